The molecule has 2 heterocycles. The highest BCUT2D eigenvalue weighted by molar-refractivity contribution is 7.89. The minimum absolute atomic E-state index is 0.0173. The van der Waals surface area contributed by atoms with Crippen LogP contribution in [-0.4, -0.2) is 35.9 Å². The third-order valence-electron chi connectivity index (χ3n) is 3.78. The zero-order valence-electron chi connectivity index (χ0n) is 14.0. The molecule has 0 bridgehead atoms. The monoisotopic (exact) mass is 363 g/mol. The summed E-state index contributed by atoms with van der Waals surface area (Å²) in [6.45, 7) is 3.49. The Balaban J connectivity index is 2.31. The molecule has 1 aliphatic rings. The van der Waals surface area contributed by atoms with Crippen molar-refractivity contribution < 1.29 is 22.4 Å². The molecule has 0 aliphatic carbocycles. The van der Waals surface area contributed by atoms with Gasteiger partial charge in [0, 0.05) is 25.5 Å². The van der Waals surface area contributed by atoms with Gasteiger partial charge in [-0.1, -0.05) is 26.0 Å². The fourth-order valence-electron chi connectivity index (χ4n) is 2.43. The molecule has 0 spiro atoms. The van der Waals surface area contributed by atoms with Crippen LogP contribution in [0.4, 0.5) is 0 Å². The molecular weight excluding hydrogens is 346 g/mol. The van der Waals surface area contributed by atoms with Gasteiger partial charge in [-0.2, -0.15) is 0 Å². The Morgan fingerprint density at radius 1 is 1.24 bits per heavy atom. The van der Waals surface area contributed by atoms with E-state index >= 15 is 0 Å². The van der Waals surface area contributed by atoms with Crippen LogP contribution in [0.3, 0.4) is 0 Å². The van der Waals surface area contributed by atoms with Crippen molar-refractivity contribution in [2.45, 2.75) is 31.6 Å². The van der Waals surface area contributed by atoms with Gasteiger partial charge in [0.1, 0.15) is 0 Å². The second-order valence-electron chi connectivity index (χ2n) is 5.33. The third-order valence-corrected chi connectivity index (χ3v) is 5.59. The van der Waals surface area contributed by atoms with Crippen LogP contribution >= 0.6 is 0 Å². The molecule has 1 aromatic carbocycles. The Hall–Kier alpha value is -2.68. The van der Waals surface area contributed by atoms with Crippen molar-refractivity contribution in [2.75, 3.05) is 7.05 Å². The number of carbonyl (C=O) groups is 1. The van der Waals surface area contributed by atoms with Crippen LogP contribution in [0.5, 0.6) is 0 Å². The maximum absolute atomic E-state index is 12.8. The van der Waals surface area contributed by atoms with E-state index in [1.54, 1.807) is 25.1 Å². The summed E-state index contributed by atoms with van der Waals surface area (Å²) in [4.78, 5) is 12.0. The van der Waals surface area contributed by atoms with Crippen LogP contribution in [0.1, 0.15) is 37.6 Å². The van der Waals surface area contributed by atoms with Crippen LogP contribution in [-0.2, 0) is 26.0 Å². The predicted octanol–water partition coefficient (Wildman–Crippen LogP) is 2.05. The molecule has 8 nitrogen and oxygen atoms in total. The summed E-state index contributed by atoms with van der Waals surface area (Å²) in [5.41, 5.74) is 0.335. The Morgan fingerprint density at radius 3 is 2.60 bits per heavy atom. The molecular formula is C16H17N3O5S. The van der Waals surface area contributed by atoms with Crippen molar-refractivity contribution >= 4 is 27.4 Å². The summed E-state index contributed by atoms with van der Waals surface area (Å²) in [6, 6.07) is 6.32. The smallest absolute Gasteiger partial charge is 0.310 e. The van der Waals surface area contributed by atoms with Crippen molar-refractivity contribution in [1.29, 1.82) is 0 Å². The molecule has 0 saturated carbocycles. The van der Waals surface area contributed by atoms with Crippen molar-refractivity contribution in [3.63, 3.8) is 0 Å². The first-order valence-corrected chi connectivity index (χ1v) is 9.20. The minimum atomic E-state index is -3.83. The molecule has 3 rings (SSSR count). The van der Waals surface area contributed by atoms with E-state index in [0.717, 1.165) is 4.31 Å². The van der Waals surface area contributed by atoms with E-state index in [-0.39, 0.29) is 34.2 Å². The normalized spacial score (nSPS) is 15.9. The Bertz CT molecular complexity index is 962. The highest BCUT2D eigenvalue weighted by Gasteiger charge is 2.39. The molecule has 0 unspecified atom stereocenters. The van der Waals surface area contributed by atoms with Gasteiger partial charge in [-0.3, -0.25) is 9.10 Å². The molecule has 0 amide bonds. The van der Waals surface area contributed by atoms with Crippen molar-refractivity contribution in [2.24, 2.45) is 0 Å². The first-order valence-electron chi connectivity index (χ1n) is 7.76. The average Bonchev–Trinajstić information content (AvgIpc) is 3.08. The molecule has 0 fully saturated rings. The minimum Gasteiger partial charge on any atom is -0.423 e. The molecule has 1 aromatic heterocycles. The van der Waals surface area contributed by atoms with Gasteiger partial charge < -0.3 is 9.15 Å². The van der Waals surface area contributed by atoms with Gasteiger partial charge in [0.2, 0.25) is 5.89 Å². The zero-order valence-corrected chi connectivity index (χ0v) is 14.8. The van der Waals surface area contributed by atoms with Gasteiger partial charge in [-0.15, -0.1) is 10.2 Å². The molecule has 0 saturated heterocycles. The van der Waals surface area contributed by atoms with Crippen LogP contribution < -0.4 is 0 Å². The topological polar surface area (TPSA) is 103 Å². The van der Waals surface area contributed by atoms with E-state index in [9.17, 15) is 13.2 Å². The zero-order chi connectivity index (χ0) is 18.2. The van der Waals surface area contributed by atoms with E-state index in [0.29, 0.717) is 12.3 Å². The molecule has 1 aliphatic heterocycles. The van der Waals surface area contributed by atoms with Gasteiger partial charge >= 0.3 is 5.97 Å². The van der Waals surface area contributed by atoms with E-state index in [2.05, 4.69) is 10.2 Å². The molecule has 0 radical (unpaired) electrons. The number of hydrogen-bond acceptors (Lipinski definition) is 7. The summed E-state index contributed by atoms with van der Waals surface area (Å²) in [6.07, 6.45) is 0.636. The number of carbonyl (C=O) groups excluding carboxylic acids is 1. The maximum Gasteiger partial charge on any atom is 0.310 e. The first kappa shape index (κ1) is 17.2. The average molecular weight is 363 g/mol. The molecule has 2 aromatic rings. The van der Waals surface area contributed by atoms with Gasteiger partial charge in [0.25, 0.3) is 15.9 Å². The van der Waals surface area contributed by atoms with Crippen molar-refractivity contribution in [1.82, 2.24) is 14.5 Å². The van der Waals surface area contributed by atoms with Crippen LogP contribution in [0.15, 0.2) is 33.6 Å². The van der Waals surface area contributed by atoms with Crippen molar-refractivity contribution in [3.05, 3.63) is 41.6 Å². The Labute approximate surface area is 145 Å². The lowest BCUT2D eigenvalue weighted by atomic mass is 10.1. The number of aromatic nitrogens is 2. The summed E-state index contributed by atoms with van der Waals surface area (Å²) in [5, 5.41) is 7.78. The number of esters is 1. The number of rotatable bonds is 4. The lowest BCUT2D eigenvalue weighted by Gasteiger charge is -2.29. The van der Waals surface area contributed by atoms with Crippen LogP contribution in [0.2, 0.25) is 0 Å². The van der Waals surface area contributed by atoms with E-state index in [4.69, 9.17) is 9.15 Å². The highest BCUT2D eigenvalue weighted by Crippen LogP contribution is 2.40. The molecule has 0 N–H and O–H groups in total. The largest absolute Gasteiger partial charge is 0.423 e. The van der Waals surface area contributed by atoms with Crippen LogP contribution in [0, 0.1) is 0 Å². The Kier molecular flexibility index (Phi) is 4.34. The lowest BCUT2D eigenvalue weighted by molar-refractivity contribution is -0.136. The summed E-state index contributed by atoms with van der Waals surface area (Å²) in [5.74, 6) is -0.0686. The van der Waals surface area contributed by atoms with E-state index < -0.39 is 16.0 Å². The Morgan fingerprint density at radius 2 is 1.96 bits per heavy atom. The molecule has 132 valence electrons. The molecule has 9 heteroatoms. The highest BCUT2D eigenvalue weighted by atomic mass is 32.2. The standard InChI is InChI=1S/C16H17N3O5S/c1-4-12-17-18-16(23-12)14-15(24-13(20)5-2)10-8-6-7-9-11(10)25(21,22)19(14)3/h6-9H,4-5H2,1-3H3. The van der Waals surface area contributed by atoms with E-state index in [1.165, 1.54) is 13.1 Å². The predicted molar refractivity (Wildman–Crippen MR) is 88.3 cm³/mol. The number of hydrogen-bond donors (Lipinski definition) is 0. The summed E-state index contributed by atoms with van der Waals surface area (Å²) < 4.78 is 37.6. The van der Waals surface area contributed by atoms with Gasteiger partial charge in [0.15, 0.2) is 11.5 Å². The second kappa shape index (κ2) is 6.32. The summed E-state index contributed by atoms with van der Waals surface area (Å²) >= 11 is 0. The van der Waals surface area contributed by atoms with Gasteiger partial charge in [-0.05, 0) is 12.1 Å². The SMILES string of the molecule is CCC(=O)OC1=C(c2nnc(CC)o2)N(C)S(=O)(=O)c2ccccc21. The quantitative estimate of drug-likeness (QED) is 0.766. The van der Waals surface area contributed by atoms with Crippen molar-refractivity contribution in [3.8, 4) is 0 Å². The van der Waals surface area contributed by atoms with Gasteiger partial charge in [-0.25, -0.2) is 8.42 Å². The fourth-order valence-corrected chi connectivity index (χ4v) is 3.82. The van der Waals surface area contributed by atoms with E-state index in [1.807, 2.05) is 6.92 Å². The number of nitrogens with zero attached hydrogens (tertiary/aromatic N) is 3. The third kappa shape index (κ3) is 2.80. The van der Waals surface area contributed by atoms with Crippen LogP contribution in [0.25, 0.3) is 11.5 Å². The molecule has 0 atom stereocenters. The summed E-state index contributed by atoms with van der Waals surface area (Å²) in [7, 11) is -2.48. The lowest BCUT2D eigenvalue weighted by Crippen LogP contribution is -2.31. The maximum atomic E-state index is 12.8. The number of sulfonamides is 1. The fraction of sp³-hybridized carbons (Fsp3) is 0.312. The number of benzene rings is 1. The second-order valence-corrected chi connectivity index (χ2v) is 7.27. The number of ether oxygens (including phenoxy) is 1. The molecule has 25 heavy (non-hydrogen) atoms. The van der Waals surface area contributed by atoms with Gasteiger partial charge in [0.05, 0.1) is 4.90 Å². The number of aryl methyl sites for hydroxylation is 1. The number of fused-ring (bicyclic) bond motifs is 1. The first-order chi connectivity index (χ1) is 11.9.